The molecule has 2 heterocycles. The highest BCUT2D eigenvalue weighted by Gasteiger charge is 2.44. The molecule has 11 heteroatoms. The molecule has 3 aromatic rings. The first kappa shape index (κ1) is 22.5. The van der Waals surface area contributed by atoms with E-state index in [0.717, 1.165) is 24.2 Å². The van der Waals surface area contributed by atoms with Crippen molar-refractivity contribution in [1.82, 2.24) is 25.0 Å². The smallest absolute Gasteiger partial charge is 0.191 e. The molecule has 2 aliphatic carbocycles. The lowest BCUT2D eigenvalue weighted by Gasteiger charge is -2.17. The van der Waals surface area contributed by atoms with Gasteiger partial charge in [-0.05, 0) is 37.0 Å². The number of anilines is 1. The topological polar surface area (TPSA) is 129 Å². The molecule has 176 valence electrons. The molecule has 33 heavy (non-hydrogen) atoms. The van der Waals surface area contributed by atoms with Crippen molar-refractivity contribution in [1.29, 1.82) is 0 Å². The van der Waals surface area contributed by atoms with Gasteiger partial charge in [-0.15, -0.1) is 5.10 Å². The van der Waals surface area contributed by atoms with E-state index in [9.17, 15) is 19.7 Å². The number of nitrogens with zero attached hydrogens (tertiary/aromatic N) is 5. The third-order valence-corrected chi connectivity index (χ3v) is 7.52. The van der Waals surface area contributed by atoms with Crippen LogP contribution in [0.1, 0.15) is 43.7 Å². The summed E-state index contributed by atoms with van der Waals surface area (Å²) < 4.78 is 14.8. The van der Waals surface area contributed by atoms with Crippen molar-refractivity contribution in [2.24, 2.45) is 5.92 Å². The third kappa shape index (κ3) is 4.30. The summed E-state index contributed by atoms with van der Waals surface area (Å²) in [5, 5.41) is 42.9. The lowest BCUT2D eigenvalue weighted by Crippen LogP contribution is -2.30. The minimum Gasteiger partial charge on any atom is -0.396 e. The van der Waals surface area contributed by atoms with Gasteiger partial charge in [0.1, 0.15) is 11.9 Å². The van der Waals surface area contributed by atoms with E-state index in [1.54, 1.807) is 16.8 Å². The van der Waals surface area contributed by atoms with Gasteiger partial charge in [0.15, 0.2) is 22.1 Å². The van der Waals surface area contributed by atoms with Gasteiger partial charge in [-0.3, -0.25) is 0 Å². The summed E-state index contributed by atoms with van der Waals surface area (Å²) in [5.74, 6) is 1.01. The van der Waals surface area contributed by atoms with Crippen LogP contribution in [-0.4, -0.2) is 70.9 Å². The van der Waals surface area contributed by atoms with Crippen LogP contribution in [0.3, 0.4) is 0 Å². The van der Waals surface area contributed by atoms with Crippen LogP contribution in [0.15, 0.2) is 29.4 Å². The molecule has 2 saturated carbocycles. The summed E-state index contributed by atoms with van der Waals surface area (Å²) in [6.45, 7) is 1.87. The van der Waals surface area contributed by atoms with Gasteiger partial charge in [0.25, 0.3) is 0 Å². The molecule has 0 spiro atoms. The largest absolute Gasteiger partial charge is 0.396 e. The highest BCUT2D eigenvalue weighted by atomic mass is 32.2. The lowest BCUT2D eigenvalue weighted by atomic mass is 10.1. The molecule has 9 nitrogen and oxygen atoms in total. The number of aliphatic hydroxyl groups excluding tert-OH is 3. The second kappa shape index (κ2) is 9.13. The van der Waals surface area contributed by atoms with Crippen molar-refractivity contribution in [2.75, 3.05) is 17.7 Å². The first-order valence-electron chi connectivity index (χ1n) is 11.2. The molecule has 0 radical (unpaired) electrons. The minimum absolute atomic E-state index is 0.139. The predicted octanol–water partition coefficient (Wildman–Crippen LogP) is 2.11. The minimum atomic E-state index is -1.07. The van der Waals surface area contributed by atoms with Crippen LogP contribution in [0.25, 0.3) is 11.2 Å². The van der Waals surface area contributed by atoms with Gasteiger partial charge in [-0.2, -0.15) is 0 Å². The zero-order chi connectivity index (χ0) is 23.1. The summed E-state index contributed by atoms with van der Waals surface area (Å²) in [6.07, 6.45) is 0.130. The van der Waals surface area contributed by atoms with Crippen molar-refractivity contribution < 1.29 is 19.7 Å². The second-order valence-corrected chi connectivity index (χ2v) is 9.84. The van der Waals surface area contributed by atoms with Gasteiger partial charge in [0.05, 0.1) is 12.1 Å². The molecule has 2 aromatic heterocycles. The van der Waals surface area contributed by atoms with Crippen molar-refractivity contribution >= 4 is 28.7 Å². The maximum Gasteiger partial charge on any atom is 0.191 e. The molecule has 0 bridgehead atoms. The fraction of sp³-hybridized carbons (Fsp3) is 0.545. The van der Waals surface area contributed by atoms with E-state index >= 15 is 0 Å². The van der Waals surface area contributed by atoms with Crippen LogP contribution >= 0.6 is 11.8 Å². The first-order valence-corrected chi connectivity index (χ1v) is 12.2. The van der Waals surface area contributed by atoms with E-state index < -0.39 is 24.2 Å². The average molecular weight is 475 g/mol. The quantitative estimate of drug-likeness (QED) is 0.286. The molecule has 5 rings (SSSR count). The number of benzene rings is 1. The molecule has 0 amide bonds. The number of aromatic nitrogens is 5. The van der Waals surface area contributed by atoms with Crippen molar-refractivity contribution in [3.05, 3.63) is 35.6 Å². The van der Waals surface area contributed by atoms with Gasteiger partial charge in [0, 0.05) is 30.2 Å². The van der Waals surface area contributed by atoms with E-state index in [4.69, 9.17) is 0 Å². The molecular formula is C22H27FN6O3S. The molecular weight excluding hydrogens is 447 g/mol. The second-order valence-electron chi connectivity index (χ2n) is 8.78. The number of thioether (sulfide) groups is 1. The molecule has 2 aliphatic rings. The predicted molar refractivity (Wildman–Crippen MR) is 122 cm³/mol. The number of nitrogens with one attached hydrogen (secondary N) is 1. The van der Waals surface area contributed by atoms with E-state index in [2.05, 4.69) is 32.5 Å². The number of hydrogen-bond donors (Lipinski definition) is 4. The van der Waals surface area contributed by atoms with Crippen LogP contribution in [0.5, 0.6) is 0 Å². The molecule has 6 atom stereocenters. The summed E-state index contributed by atoms with van der Waals surface area (Å²) >= 11 is 1.53. The Bertz CT molecular complexity index is 1130. The van der Waals surface area contributed by atoms with Gasteiger partial charge in [-0.1, -0.05) is 36.0 Å². The zero-order valence-corrected chi connectivity index (χ0v) is 19.0. The monoisotopic (exact) mass is 474 g/mol. The lowest BCUT2D eigenvalue weighted by molar-refractivity contribution is -0.00512. The van der Waals surface area contributed by atoms with Crippen LogP contribution in [-0.2, 0) is 0 Å². The Morgan fingerprint density at radius 3 is 2.64 bits per heavy atom. The highest BCUT2D eigenvalue weighted by Crippen LogP contribution is 2.44. The van der Waals surface area contributed by atoms with E-state index in [0.29, 0.717) is 28.6 Å². The Labute approximate surface area is 194 Å². The fourth-order valence-corrected chi connectivity index (χ4v) is 5.22. The van der Waals surface area contributed by atoms with Crippen LogP contribution in [0.4, 0.5) is 10.2 Å². The SMILES string of the molecule is CCCSc1nc(NC2CC2c2ccc(F)cc2)c2nnn(C3CC(CO)C(O)C3O)c2n1. The molecule has 0 aliphatic heterocycles. The van der Waals surface area contributed by atoms with E-state index in [-0.39, 0.29) is 24.4 Å². The molecule has 0 saturated heterocycles. The summed E-state index contributed by atoms with van der Waals surface area (Å²) in [4.78, 5) is 9.33. The van der Waals surface area contributed by atoms with Crippen LogP contribution in [0, 0.1) is 11.7 Å². The van der Waals surface area contributed by atoms with E-state index in [1.807, 2.05) is 0 Å². The first-order chi connectivity index (χ1) is 16.0. The molecule has 6 unspecified atom stereocenters. The summed E-state index contributed by atoms with van der Waals surface area (Å²) in [5.41, 5.74) is 2.05. The zero-order valence-electron chi connectivity index (χ0n) is 18.2. The number of aliphatic hydroxyl groups is 3. The van der Waals surface area contributed by atoms with Crippen molar-refractivity contribution in [3.8, 4) is 0 Å². The van der Waals surface area contributed by atoms with Gasteiger partial charge >= 0.3 is 0 Å². The normalized spacial score (nSPS) is 29.0. The van der Waals surface area contributed by atoms with Gasteiger partial charge < -0.3 is 20.6 Å². The van der Waals surface area contributed by atoms with Gasteiger partial charge in [-0.25, -0.2) is 19.0 Å². The number of fused-ring (bicyclic) bond motifs is 1. The Morgan fingerprint density at radius 1 is 1.15 bits per heavy atom. The van der Waals surface area contributed by atoms with Crippen LogP contribution < -0.4 is 5.32 Å². The fourth-order valence-electron chi connectivity index (χ4n) is 4.52. The Morgan fingerprint density at radius 2 is 1.94 bits per heavy atom. The summed E-state index contributed by atoms with van der Waals surface area (Å²) in [7, 11) is 0. The van der Waals surface area contributed by atoms with Crippen molar-refractivity contribution in [2.45, 2.75) is 61.6 Å². The van der Waals surface area contributed by atoms with Gasteiger partial charge in [0.2, 0.25) is 0 Å². The molecule has 4 N–H and O–H groups in total. The third-order valence-electron chi connectivity index (χ3n) is 6.47. The Hall–Kier alpha value is -2.34. The van der Waals surface area contributed by atoms with Crippen molar-refractivity contribution in [3.63, 3.8) is 0 Å². The maximum absolute atomic E-state index is 13.3. The average Bonchev–Trinajstić information content (AvgIpc) is 3.35. The summed E-state index contributed by atoms with van der Waals surface area (Å²) in [6, 6.07) is 6.15. The van der Waals surface area contributed by atoms with E-state index in [1.165, 1.54) is 23.9 Å². The highest BCUT2D eigenvalue weighted by molar-refractivity contribution is 7.99. The Kier molecular flexibility index (Phi) is 6.21. The number of hydrogen-bond acceptors (Lipinski definition) is 9. The maximum atomic E-state index is 13.3. The van der Waals surface area contributed by atoms with Crippen LogP contribution in [0.2, 0.25) is 0 Å². The standard InChI is InChI=1S/C22H27FN6O3S/c1-2-7-33-22-25-20(24-15-9-14(15)11-3-5-13(23)6-4-11)17-21(26-22)29(28-27-17)16-8-12(10-30)18(31)19(16)32/h3-6,12,14-16,18-19,30-32H,2,7-10H2,1H3,(H,24,25,26). The number of rotatable bonds is 8. The molecule has 1 aromatic carbocycles. The molecule has 2 fully saturated rings. The number of halogens is 1. The Balaban J connectivity index is 1.45.